The summed E-state index contributed by atoms with van der Waals surface area (Å²) in [5.74, 6) is 0. The summed E-state index contributed by atoms with van der Waals surface area (Å²) < 4.78 is 2.01. The van der Waals surface area contributed by atoms with Gasteiger partial charge in [-0.25, -0.2) is 0 Å². The molecule has 28 heavy (non-hydrogen) atoms. The summed E-state index contributed by atoms with van der Waals surface area (Å²) >= 11 is 2.48. The third-order valence-electron chi connectivity index (χ3n) is 6.91. The summed E-state index contributed by atoms with van der Waals surface area (Å²) in [7, 11) is 0.385. The van der Waals surface area contributed by atoms with Gasteiger partial charge in [-0.2, -0.15) is 0 Å². The van der Waals surface area contributed by atoms with E-state index in [-0.39, 0.29) is 12.4 Å². The zero-order valence-electron chi connectivity index (χ0n) is 17.5. The van der Waals surface area contributed by atoms with Gasteiger partial charge in [-0.1, -0.05) is 65.7 Å². The Bertz CT molecular complexity index is 474. The predicted octanol–water partition coefficient (Wildman–Crippen LogP) is 4.85. The van der Waals surface area contributed by atoms with E-state index in [0.29, 0.717) is 7.92 Å². The van der Waals surface area contributed by atoms with Crippen molar-refractivity contribution >= 4 is 12.5 Å². The van der Waals surface area contributed by atoms with Crippen molar-refractivity contribution in [1.82, 2.24) is 0 Å². The van der Waals surface area contributed by atoms with Gasteiger partial charge in [0, 0.05) is 0 Å². The molecular formula is C25H39ClPRu. The normalized spacial score (nSPS) is 22.0. The Hall–Kier alpha value is 0.433. The second kappa shape index (κ2) is 14.4. The van der Waals surface area contributed by atoms with Crippen molar-refractivity contribution in [2.24, 2.45) is 0 Å². The SMILES string of the molecule is C1CCC(P(C2CCCCC2)C2CCCCC2)CC1.[Cl-].[Ru+]=[CH]c1ccccc1. The Morgan fingerprint density at radius 1 is 0.607 bits per heavy atom. The Morgan fingerprint density at radius 3 is 1.25 bits per heavy atom. The summed E-state index contributed by atoms with van der Waals surface area (Å²) in [4.78, 5) is 0. The molecule has 0 nitrogen and oxygen atoms in total. The second-order valence-electron chi connectivity index (χ2n) is 8.84. The third kappa shape index (κ3) is 7.93. The fourth-order valence-corrected chi connectivity index (χ4v) is 10.6. The topological polar surface area (TPSA) is 0 Å². The maximum atomic E-state index is 2.48. The molecule has 3 saturated carbocycles. The molecule has 0 aliphatic heterocycles. The molecule has 0 spiro atoms. The first-order chi connectivity index (χ1) is 13.4. The fraction of sp³-hybridized carbons (Fsp3) is 0.720. The van der Waals surface area contributed by atoms with Gasteiger partial charge in [-0.15, -0.1) is 0 Å². The quantitative estimate of drug-likeness (QED) is 0.404. The summed E-state index contributed by atoms with van der Waals surface area (Å²) in [6.45, 7) is 0. The van der Waals surface area contributed by atoms with Gasteiger partial charge in [-0.3, -0.25) is 0 Å². The number of rotatable bonds is 4. The van der Waals surface area contributed by atoms with Crippen molar-refractivity contribution in [1.29, 1.82) is 0 Å². The maximum absolute atomic E-state index is 2.48. The van der Waals surface area contributed by atoms with Crippen LogP contribution >= 0.6 is 7.92 Å². The molecule has 3 fully saturated rings. The number of benzene rings is 1. The molecule has 0 saturated heterocycles. The van der Waals surface area contributed by atoms with Crippen molar-refractivity contribution in [3.63, 3.8) is 0 Å². The van der Waals surface area contributed by atoms with E-state index in [4.69, 9.17) is 0 Å². The van der Waals surface area contributed by atoms with E-state index in [1.54, 1.807) is 77.0 Å². The van der Waals surface area contributed by atoms with Gasteiger partial charge in [0.05, 0.1) is 0 Å². The van der Waals surface area contributed by atoms with Crippen LogP contribution in [0.25, 0.3) is 0 Å². The minimum absolute atomic E-state index is 0. The van der Waals surface area contributed by atoms with Crippen LogP contribution in [-0.2, 0) is 17.9 Å². The molecule has 1 aromatic carbocycles. The number of halogens is 1. The molecule has 0 N–H and O–H groups in total. The average Bonchev–Trinajstić information content (AvgIpc) is 2.77. The zero-order chi connectivity index (χ0) is 18.7. The Balaban J connectivity index is 0.000000264. The van der Waals surface area contributed by atoms with E-state index < -0.39 is 0 Å². The summed E-state index contributed by atoms with van der Waals surface area (Å²) in [5, 5.41) is 0. The summed E-state index contributed by atoms with van der Waals surface area (Å²) in [6, 6.07) is 10.2. The Morgan fingerprint density at radius 2 is 0.964 bits per heavy atom. The molecule has 159 valence electrons. The third-order valence-corrected chi connectivity index (χ3v) is 11.6. The average molecular weight is 507 g/mol. The molecule has 0 radical (unpaired) electrons. The van der Waals surface area contributed by atoms with E-state index in [2.05, 4.69) is 30.0 Å². The van der Waals surface area contributed by atoms with Gasteiger partial charge in [0.2, 0.25) is 0 Å². The van der Waals surface area contributed by atoms with E-state index in [1.165, 1.54) is 41.8 Å². The Kier molecular flexibility index (Phi) is 12.7. The first kappa shape index (κ1) is 24.7. The van der Waals surface area contributed by atoms with Crippen molar-refractivity contribution in [2.45, 2.75) is 113 Å². The van der Waals surface area contributed by atoms with Crippen LogP contribution in [0.4, 0.5) is 0 Å². The first-order valence-electron chi connectivity index (χ1n) is 11.6. The first-order valence-corrected chi connectivity index (χ1v) is 14.2. The number of hydrogen-bond donors (Lipinski definition) is 0. The number of hydrogen-bond acceptors (Lipinski definition) is 0. The summed E-state index contributed by atoms with van der Waals surface area (Å²) in [6.07, 6.45) is 23.6. The van der Waals surface area contributed by atoms with E-state index in [1.807, 2.05) is 22.8 Å². The molecule has 0 heterocycles. The molecule has 3 aliphatic rings. The molecular weight excluding hydrogens is 468 g/mol. The molecule has 4 rings (SSSR count). The van der Waals surface area contributed by atoms with Gasteiger partial charge in [0.15, 0.2) is 0 Å². The predicted molar refractivity (Wildman–Crippen MR) is 119 cm³/mol. The van der Waals surface area contributed by atoms with Crippen molar-refractivity contribution in [2.75, 3.05) is 0 Å². The van der Waals surface area contributed by atoms with Gasteiger partial charge in [0.1, 0.15) is 0 Å². The van der Waals surface area contributed by atoms with Gasteiger partial charge < -0.3 is 12.4 Å². The van der Waals surface area contributed by atoms with Crippen molar-refractivity contribution < 1.29 is 30.3 Å². The van der Waals surface area contributed by atoms with E-state index in [9.17, 15) is 0 Å². The van der Waals surface area contributed by atoms with Crippen LogP contribution in [0.1, 0.15) is 102 Å². The molecule has 0 bridgehead atoms. The van der Waals surface area contributed by atoms with Crippen LogP contribution in [-0.4, -0.2) is 21.6 Å². The van der Waals surface area contributed by atoms with Crippen LogP contribution in [0.2, 0.25) is 0 Å². The molecule has 3 heteroatoms. The van der Waals surface area contributed by atoms with Crippen molar-refractivity contribution in [3.05, 3.63) is 35.9 Å². The minimum atomic E-state index is 0. The molecule has 0 atom stereocenters. The van der Waals surface area contributed by atoms with Gasteiger partial charge in [-0.05, 0) is 55.5 Å². The van der Waals surface area contributed by atoms with Crippen LogP contribution in [0.15, 0.2) is 30.3 Å². The second-order valence-corrected chi connectivity index (χ2v) is 12.4. The molecule has 0 amide bonds. The Labute approximate surface area is 191 Å². The molecule has 0 aromatic heterocycles. The monoisotopic (exact) mass is 507 g/mol. The van der Waals surface area contributed by atoms with Crippen LogP contribution in [0, 0.1) is 0 Å². The van der Waals surface area contributed by atoms with Crippen LogP contribution < -0.4 is 12.4 Å². The van der Waals surface area contributed by atoms with E-state index in [0.717, 1.165) is 0 Å². The van der Waals surface area contributed by atoms with Crippen LogP contribution in [0.5, 0.6) is 0 Å². The summed E-state index contributed by atoms with van der Waals surface area (Å²) in [5.41, 5.74) is 4.82. The van der Waals surface area contributed by atoms with Gasteiger partial charge in [0.25, 0.3) is 0 Å². The van der Waals surface area contributed by atoms with E-state index >= 15 is 0 Å². The molecule has 3 aliphatic carbocycles. The zero-order valence-corrected chi connectivity index (χ0v) is 20.9. The van der Waals surface area contributed by atoms with Crippen LogP contribution in [0.3, 0.4) is 0 Å². The standard InChI is InChI=1S/C18H33P.C7H6.ClH.Ru/c1-4-10-16(11-5-1)19(17-12-6-2-7-13-17)18-14-8-3-9-15-18;1-7-5-3-2-4-6-7;;/h16-18H,1-15H2;1-6H;1H;/q;;;+1/p-1. The fourth-order valence-electron chi connectivity index (χ4n) is 5.55. The van der Waals surface area contributed by atoms with Gasteiger partial charge >= 0.3 is 58.4 Å². The molecule has 1 aromatic rings. The van der Waals surface area contributed by atoms with Crippen molar-refractivity contribution in [3.8, 4) is 0 Å². The molecule has 0 unspecified atom stereocenters.